The molecule has 3 nitrogen and oxygen atoms in total. The van der Waals surface area contributed by atoms with Gasteiger partial charge in [-0.15, -0.1) is 0 Å². The molecule has 0 saturated carbocycles. The highest BCUT2D eigenvalue weighted by Gasteiger charge is 2.29. The lowest BCUT2D eigenvalue weighted by atomic mass is 10.0. The van der Waals surface area contributed by atoms with Crippen LogP contribution in [-0.2, 0) is 4.74 Å². The molecule has 0 aliphatic carbocycles. The third-order valence-electron chi connectivity index (χ3n) is 3.21. The number of benzene rings is 1. The molecule has 18 heavy (non-hydrogen) atoms. The number of likely N-dealkylation sites (N-methyl/N-ethyl adjacent to an activating group) is 1. The van der Waals surface area contributed by atoms with E-state index >= 15 is 0 Å². The van der Waals surface area contributed by atoms with E-state index in [-0.39, 0.29) is 18.0 Å². The lowest BCUT2D eigenvalue weighted by Crippen LogP contribution is -2.25. The van der Waals surface area contributed by atoms with Crippen molar-refractivity contribution in [3.63, 3.8) is 0 Å². The van der Waals surface area contributed by atoms with Crippen LogP contribution in [-0.4, -0.2) is 38.8 Å². The molecular weight excluding hydrogens is 233 g/mol. The third kappa shape index (κ3) is 3.00. The standard InChI is InChI=1S/C14H20FNO2/c1-16(2)9-11-5-7-14(18-11)12-8-10(15)4-6-13(12)17-3/h4,6,8,11,14H,5,7,9H2,1-3H3. The molecule has 0 amide bonds. The van der Waals surface area contributed by atoms with Crippen molar-refractivity contribution in [3.8, 4) is 5.75 Å². The molecule has 1 fully saturated rings. The van der Waals surface area contributed by atoms with Gasteiger partial charge in [-0.3, -0.25) is 0 Å². The van der Waals surface area contributed by atoms with Gasteiger partial charge in [0.2, 0.25) is 0 Å². The largest absolute Gasteiger partial charge is 0.496 e. The molecule has 100 valence electrons. The molecule has 1 saturated heterocycles. The van der Waals surface area contributed by atoms with E-state index in [1.165, 1.54) is 12.1 Å². The summed E-state index contributed by atoms with van der Waals surface area (Å²) in [5.41, 5.74) is 0.818. The molecule has 0 radical (unpaired) electrons. The number of ether oxygens (including phenoxy) is 2. The summed E-state index contributed by atoms with van der Waals surface area (Å²) in [6, 6.07) is 4.59. The lowest BCUT2D eigenvalue weighted by Gasteiger charge is -2.19. The van der Waals surface area contributed by atoms with Crippen molar-refractivity contribution < 1.29 is 13.9 Å². The molecule has 1 aromatic rings. The zero-order chi connectivity index (χ0) is 13.1. The van der Waals surface area contributed by atoms with E-state index in [0.717, 1.165) is 24.9 Å². The van der Waals surface area contributed by atoms with Crippen LogP contribution in [0.5, 0.6) is 5.75 Å². The summed E-state index contributed by atoms with van der Waals surface area (Å²) in [7, 11) is 5.65. The Hall–Kier alpha value is -1.13. The second-order valence-electron chi connectivity index (χ2n) is 4.97. The van der Waals surface area contributed by atoms with E-state index in [1.807, 2.05) is 14.1 Å². The fourth-order valence-corrected chi connectivity index (χ4v) is 2.43. The molecule has 1 heterocycles. The Balaban J connectivity index is 2.11. The molecular formula is C14H20FNO2. The van der Waals surface area contributed by atoms with E-state index in [4.69, 9.17) is 9.47 Å². The first-order chi connectivity index (χ1) is 8.60. The maximum Gasteiger partial charge on any atom is 0.124 e. The van der Waals surface area contributed by atoms with Crippen molar-refractivity contribution in [2.75, 3.05) is 27.7 Å². The topological polar surface area (TPSA) is 21.7 Å². The van der Waals surface area contributed by atoms with Crippen molar-refractivity contribution in [1.29, 1.82) is 0 Å². The van der Waals surface area contributed by atoms with Crippen molar-refractivity contribution in [2.45, 2.75) is 25.0 Å². The molecule has 1 aliphatic heterocycles. The Labute approximate surface area is 107 Å². The highest BCUT2D eigenvalue weighted by Crippen LogP contribution is 2.37. The fourth-order valence-electron chi connectivity index (χ4n) is 2.43. The van der Waals surface area contributed by atoms with E-state index in [0.29, 0.717) is 5.75 Å². The smallest absolute Gasteiger partial charge is 0.124 e. The number of halogens is 1. The van der Waals surface area contributed by atoms with Crippen LogP contribution in [0, 0.1) is 5.82 Å². The molecule has 1 aromatic carbocycles. The van der Waals surface area contributed by atoms with Crippen LogP contribution in [0.3, 0.4) is 0 Å². The predicted octanol–water partition coefficient (Wildman–Crippen LogP) is 2.62. The second-order valence-corrected chi connectivity index (χ2v) is 4.97. The molecule has 2 unspecified atom stereocenters. The van der Waals surface area contributed by atoms with Gasteiger partial charge in [0, 0.05) is 12.1 Å². The van der Waals surface area contributed by atoms with Crippen LogP contribution >= 0.6 is 0 Å². The first-order valence-electron chi connectivity index (χ1n) is 6.23. The van der Waals surface area contributed by atoms with Gasteiger partial charge in [0.1, 0.15) is 11.6 Å². The summed E-state index contributed by atoms with van der Waals surface area (Å²) in [5.74, 6) is 0.456. The SMILES string of the molecule is COc1ccc(F)cc1C1CCC(CN(C)C)O1. The normalized spacial score (nSPS) is 23.6. The first kappa shape index (κ1) is 13.3. The number of rotatable bonds is 4. The van der Waals surface area contributed by atoms with Crippen LogP contribution in [0.15, 0.2) is 18.2 Å². The van der Waals surface area contributed by atoms with Gasteiger partial charge in [-0.05, 0) is 45.1 Å². The number of hydrogen-bond donors (Lipinski definition) is 0. The van der Waals surface area contributed by atoms with Crippen LogP contribution in [0.2, 0.25) is 0 Å². The van der Waals surface area contributed by atoms with Gasteiger partial charge in [-0.2, -0.15) is 0 Å². The number of hydrogen-bond acceptors (Lipinski definition) is 3. The average molecular weight is 253 g/mol. The summed E-state index contributed by atoms with van der Waals surface area (Å²) >= 11 is 0. The summed E-state index contributed by atoms with van der Waals surface area (Å²) in [4.78, 5) is 2.11. The van der Waals surface area contributed by atoms with Crippen LogP contribution < -0.4 is 4.74 Å². The zero-order valence-electron chi connectivity index (χ0n) is 11.1. The van der Waals surface area contributed by atoms with Gasteiger partial charge < -0.3 is 14.4 Å². The Bertz CT molecular complexity index is 409. The average Bonchev–Trinajstić information content (AvgIpc) is 2.76. The summed E-state index contributed by atoms with van der Waals surface area (Å²) < 4.78 is 24.6. The van der Waals surface area contributed by atoms with Gasteiger partial charge in [-0.25, -0.2) is 4.39 Å². The molecule has 4 heteroatoms. The van der Waals surface area contributed by atoms with E-state index < -0.39 is 0 Å². The monoisotopic (exact) mass is 253 g/mol. The summed E-state index contributed by atoms with van der Waals surface area (Å²) in [6.07, 6.45) is 2.08. The minimum atomic E-state index is -0.245. The fraction of sp³-hybridized carbons (Fsp3) is 0.571. The Morgan fingerprint density at radius 1 is 1.39 bits per heavy atom. The van der Waals surface area contributed by atoms with E-state index in [2.05, 4.69) is 4.90 Å². The lowest BCUT2D eigenvalue weighted by molar-refractivity contribution is 0.0293. The third-order valence-corrected chi connectivity index (χ3v) is 3.21. The highest BCUT2D eigenvalue weighted by molar-refractivity contribution is 5.36. The Morgan fingerprint density at radius 3 is 2.83 bits per heavy atom. The van der Waals surface area contributed by atoms with Gasteiger partial charge in [0.15, 0.2) is 0 Å². The predicted molar refractivity (Wildman–Crippen MR) is 68.4 cm³/mol. The first-order valence-corrected chi connectivity index (χ1v) is 6.23. The number of methoxy groups -OCH3 is 1. The molecule has 2 rings (SSSR count). The van der Waals surface area contributed by atoms with Gasteiger partial charge in [-0.1, -0.05) is 0 Å². The van der Waals surface area contributed by atoms with Crippen molar-refractivity contribution in [3.05, 3.63) is 29.6 Å². The minimum absolute atomic E-state index is 0.0550. The summed E-state index contributed by atoms with van der Waals surface area (Å²) in [5, 5.41) is 0. The Morgan fingerprint density at radius 2 is 2.17 bits per heavy atom. The number of nitrogens with zero attached hydrogens (tertiary/aromatic N) is 1. The maximum atomic E-state index is 13.3. The molecule has 0 N–H and O–H groups in total. The van der Waals surface area contributed by atoms with E-state index in [9.17, 15) is 4.39 Å². The van der Waals surface area contributed by atoms with Crippen LogP contribution in [0.1, 0.15) is 24.5 Å². The maximum absolute atomic E-state index is 13.3. The van der Waals surface area contributed by atoms with Crippen LogP contribution in [0.25, 0.3) is 0 Å². The molecule has 0 spiro atoms. The van der Waals surface area contributed by atoms with Gasteiger partial charge >= 0.3 is 0 Å². The van der Waals surface area contributed by atoms with Gasteiger partial charge in [0.05, 0.1) is 19.3 Å². The van der Waals surface area contributed by atoms with Crippen molar-refractivity contribution >= 4 is 0 Å². The molecule has 0 bridgehead atoms. The van der Waals surface area contributed by atoms with Crippen molar-refractivity contribution in [2.24, 2.45) is 0 Å². The summed E-state index contributed by atoms with van der Waals surface area (Å²) in [6.45, 7) is 0.897. The zero-order valence-corrected chi connectivity index (χ0v) is 11.1. The molecule has 0 aromatic heterocycles. The molecule has 2 atom stereocenters. The second kappa shape index (κ2) is 5.67. The quantitative estimate of drug-likeness (QED) is 0.823. The highest BCUT2D eigenvalue weighted by atomic mass is 19.1. The van der Waals surface area contributed by atoms with Gasteiger partial charge in [0.25, 0.3) is 0 Å². The minimum Gasteiger partial charge on any atom is -0.496 e. The van der Waals surface area contributed by atoms with Crippen molar-refractivity contribution in [1.82, 2.24) is 4.90 Å². The van der Waals surface area contributed by atoms with Crippen LogP contribution in [0.4, 0.5) is 4.39 Å². The van der Waals surface area contributed by atoms with E-state index in [1.54, 1.807) is 13.2 Å². The molecule has 1 aliphatic rings. The Kier molecular flexibility index (Phi) is 4.19.